The van der Waals surface area contributed by atoms with Gasteiger partial charge < -0.3 is 5.11 Å². The van der Waals surface area contributed by atoms with Gasteiger partial charge in [-0.3, -0.25) is 0 Å². The maximum Gasteiger partial charge on any atom is 0.121 e. The van der Waals surface area contributed by atoms with Crippen molar-refractivity contribution in [2.45, 2.75) is 12.5 Å². The van der Waals surface area contributed by atoms with E-state index in [0.29, 0.717) is 0 Å². The molecule has 0 radical (unpaired) electrons. The van der Waals surface area contributed by atoms with Crippen LogP contribution in [0.2, 0.25) is 0 Å². The number of halogens is 1. The van der Waals surface area contributed by atoms with Crippen molar-refractivity contribution >= 4 is 6.08 Å². The van der Waals surface area contributed by atoms with E-state index in [1.54, 1.807) is 6.08 Å². The minimum absolute atomic E-state index is 0.768. The molecule has 1 aromatic carbocycles. The van der Waals surface area contributed by atoms with E-state index >= 15 is 0 Å². The number of benzene rings is 1. The van der Waals surface area contributed by atoms with Crippen molar-refractivity contribution in [3.63, 3.8) is 0 Å². The highest BCUT2D eigenvalue weighted by molar-refractivity contribution is 5.50. The molecule has 0 saturated carbocycles. The Balaban J connectivity index is 2.69. The lowest BCUT2D eigenvalue weighted by atomic mass is 10.1. The number of aliphatic hydroxyl groups is 1. The minimum Gasteiger partial charge on any atom is -0.383 e. The number of hydrogen-bond donors (Lipinski definition) is 1. The van der Waals surface area contributed by atoms with Gasteiger partial charge in [0.1, 0.15) is 12.3 Å². The third-order valence-electron chi connectivity index (χ3n) is 1.70. The molecule has 0 saturated heterocycles. The SMILES string of the molecule is CC(O)(C=Cc1ccccc1)CF. The highest BCUT2D eigenvalue weighted by Gasteiger charge is 2.14. The van der Waals surface area contributed by atoms with Gasteiger partial charge in [-0.25, -0.2) is 4.39 Å². The van der Waals surface area contributed by atoms with Gasteiger partial charge in [-0.1, -0.05) is 42.5 Å². The average molecular weight is 180 g/mol. The van der Waals surface area contributed by atoms with Crippen molar-refractivity contribution in [3.8, 4) is 0 Å². The maximum atomic E-state index is 12.2. The minimum atomic E-state index is -1.35. The Kier molecular flexibility index (Phi) is 3.20. The fourth-order valence-electron chi connectivity index (χ4n) is 0.884. The monoisotopic (exact) mass is 180 g/mol. The Morgan fingerprint density at radius 1 is 1.38 bits per heavy atom. The number of rotatable bonds is 3. The van der Waals surface area contributed by atoms with E-state index in [4.69, 9.17) is 0 Å². The second-order valence-corrected chi connectivity index (χ2v) is 3.23. The zero-order valence-corrected chi connectivity index (χ0v) is 7.57. The van der Waals surface area contributed by atoms with Crippen molar-refractivity contribution in [1.29, 1.82) is 0 Å². The Bertz CT molecular complexity index is 277. The fourth-order valence-corrected chi connectivity index (χ4v) is 0.884. The van der Waals surface area contributed by atoms with Crippen molar-refractivity contribution in [2.75, 3.05) is 6.67 Å². The van der Waals surface area contributed by atoms with E-state index in [1.807, 2.05) is 30.3 Å². The second kappa shape index (κ2) is 4.19. The van der Waals surface area contributed by atoms with Crippen LogP contribution in [0.3, 0.4) is 0 Å². The van der Waals surface area contributed by atoms with Crippen LogP contribution < -0.4 is 0 Å². The van der Waals surface area contributed by atoms with Gasteiger partial charge in [0.05, 0.1) is 0 Å². The summed E-state index contributed by atoms with van der Waals surface area (Å²) in [7, 11) is 0. The first kappa shape index (κ1) is 9.93. The first-order valence-electron chi connectivity index (χ1n) is 4.17. The summed E-state index contributed by atoms with van der Waals surface area (Å²) in [5, 5.41) is 9.32. The molecule has 0 aliphatic heterocycles. The van der Waals surface area contributed by atoms with E-state index in [9.17, 15) is 9.50 Å². The smallest absolute Gasteiger partial charge is 0.121 e. The molecule has 1 nitrogen and oxygen atoms in total. The molecule has 13 heavy (non-hydrogen) atoms. The summed E-state index contributed by atoms with van der Waals surface area (Å²) in [5.41, 5.74) is -0.397. The summed E-state index contributed by atoms with van der Waals surface area (Å²) < 4.78 is 12.2. The van der Waals surface area contributed by atoms with Gasteiger partial charge in [-0.15, -0.1) is 0 Å². The zero-order valence-electron chi connectivity index (χ0n) is 7.57. The molecule has 1 unspecified atom stereocenters. The standard InChI is InChI=1S/C11H13FO/c1-11(13,9-12)8-7-10-5-3-2-4-6-10/h2-8,13H,9H2,1H3. The highest BCUT2D eigenvalue weighted by atomic mass is 19.1. The van der Waals surface area contributed by atoms with Crippen molar-refractivity contribution in [1.82, 2.24) is 0 Å². The third kappa shape index (κ3) is 3.38. The van der Waals surface area contributed by atoms with Crippen LogP contribution in [0.15, 0.2) is 36.4 Å². The van der Waals surface area contributed by atoms with Crippen LogP contribution in [0, 0.1) is 0 Å². The van der Waals surface area contributed by atoms with Crippen molar-refractivity contribution in [2.24, 2.45) is 0 Å². The van der Waals surface area contributed by atoms with E-state index in [1.165, 1.54) is 13.0 Å². The predicted octanol–water partition coefficient (Wildman–Crippen LogP) is 2.42. The average Bonchev–Trinajstić information content (AvgIpc) is 2.17. The summed E-state index contributed by atoms with van der Waals surface area (Å²) in [4.78, 5) is 0. The molecule has 1 rings (SSSR count). The van der Waals surface area contributed by atoms with E-state index in [2.05, 4.69) is 0 Å². The van der Waals surface area contributed by atoms with Crippen LogP contribution in [0.25, 0.3) is 6.08 Å². The molecule has 0 spiro atoms. The molecule has 0 aliphatic rings. The van der Waals surface area contributed by atoms with E-state index < -0.39 is 12.3 Å². The third-order valence-corrected chi connectivity index (χ3v) is 1.70. The normalized spacial score (nSPS) is 15.9. The Hall–Kier alpha value is -1.15. The van der Waals surface area contributed by atoms with Gasteiger partial charge in [-0.2, -0.15) is 0 Å². The van der Waals surface area contributed by atoms with E-state index in [0.717, 1.165) is 5.56 Å². The van der Waals surface area contributed by atoms with Crippen LogP contribution in [0.5, 0.6) is 0 Å². The lowest BCUT2D eigenvalue weighted by molar-refractivity contribution is 0.0817. The Morgan fingerprint density at radius 3 is 2.54 bits per heavy atom. The zero-order chi connectivity index (χ0) is 9.73. The predicted molar refractivity (Wildman–Crippen MR) is 52.1 cm³/mol. The first-order valence-corrected chi connectivity index (χ1v) is 4.17. The van der Waals surface area contributed by atoms with Crippen LogP contribution in [-0.4, -0.2) is 17.4 Å². The summed E-state index contributed by atoms with van der Waals surface area (Å²) >= 11 is 0. The highest BCUT2D eigenvalue weighted by Crippen LogP contribution is 2.09. The lowest BCUT2D eigenvalue weighted by Crippen LogP contribution is -2.22. The molecule has 0 aliphatic carbocycles. The molecule has 0 bridgehead atoms. The first-order chi connectivity index (χ1) is 6.14. The number of alkyl halides is 1. The van der Waals surface area contributed by atoms with Gasteiger partial charge >= 0.3 is 0 Å². The van der Waals surface area contributed by atoms with Gasteiger partial charge in [0, 0.05) is 0 Å². The Labute approximate surface area is 77.5 Å². The van der Waals surface area contributed by atoms with Gasteiger partial charge in [0.2, 0.25) is 0 Å². The van der Waals surface area contributed by atoms with Crippen LogP contribution >= 0.6 is 0 Å². The van der Waals surface area contributed by atoms with Crippen molar-refractivity contribution < 1.29 is 9.50 Å². The summed E-state index contributed by atoms with van der Waals surface area (Å²) in [6, 6.07) is 9.48. The fraction of sp³-hybridized carbons (Fsp3) is 0.273. The topological polar surface area (TPSA) is 20.2 Å². The number of hydrogen-bond acceptors (Lipinski definition) is 1. The lowest BCUT2D eigenvalue weighted by Gasteiger charge is -2.12. The molecule has 0 heterocycles. The molecule has 1 N–H and O–H groups in total. The largest absolute Gasteiger partial charge is 0.383 e. The van der Waals surface area contributed by atoms with Crippen LogP contribution in [0.4, 0.5) is 4.39 Å². The van der Waals surface area contributed by atoms with Gasteiger partial charge in [0.15, 0.2) is 0 Å². The van der Waals surface area contributed by atoms with E-state index in [-0.39, 0.29) is 0 Å². The molecule has 1 aromatic rings. The molecule has 0 amide bonds. The molecular weight excluding hydrogens is 167 g/mol. The van der Waals surface area contributed by atoms with Crippen LogP contribution in [0.1, 0.15) is 12.5 Å². The molecule has 0 aromatic heterocycles. The summed E-state index contributed by atoms with van der Waals surface area (Å²) in [6.45, 7) is 0.669. The molecule has 0 fully saturated rings. The maximum absolute atomic E-state index is 12.2. The summed E-state index contributed by atoms with van der Waals surface area (Å²) in [5.74, 6) is 0. The van der Waals surface area contributed by atoms with Gasteiger partial charge in [-0.05, 0) is 12.5 Å². The van der Waals surface area contributed by atoms with Crippen molar-refractivity contribution in [3.05, 3.63) is 42.0 Å². The molecular formula is C11H13FO. The molecule has 1 atom stereocenters. The molecule has 2 heteroatoms. The second-order valence-electron chi connectivity index (χ2n) is 3.23. The van der Waals surface area contributed by atoms with Crippen LogP contribution in [-0.2, 0) is 0 Å². The Morgan fingerprint density at radius 2 is 2.00 bits per heavy atom. The molecule has 70 valence electrons. The van der Waals surface area contributed by atoms with Gasteiger partial charge in [0.25, 0.3) is 0 Å². The quantitative estimate of drug-likeness (QED) is 0.757. The summed E-state index contributed by atoms with van der Waals surface area (Å²) in [6.07, 6.45) is 3.17.